The minimum absolute atomic E-state index is 0.0703. The smallest absolute Gasteiger partial charge is 0.253 e. The second-order valence-electron chi connectivity index (χ2n) is 8.44. The number of rotatable bonds is 6. The fourth-order valence-corrected chi connectivity index (χ4v) is 4.55. The van der Waals surface area contributed by atoms with Crippen molar-refractivity contribution >= 4 is 23.4 Å². The summed E-state index contributed by atoms with van der Waals surface area (Å²) in [6, 6.07) is 16.9. The molecule has 3 amide bonds. The van der Waals surface area contributed by atoms with Gasteiger partial charge in [0.25, 0.3) is 5.91 Å². The fourth-order valence-electron chi connectivity index (χ4n) is 4.55. The van der Waals surface area contributed by atoms with Crippen molar-refractivity contribution in [3.63, 3.8) is 0 Å². The second-order valence-corrected chi connectivity index (χ2v) is 8.44. The zero-order chi connectivity index (χ0) is 21.6. The molecule has 1 atom stereocenters. The molecule has 2 fully saturated rings. The van der Waals surface area contributed by atoms with Gasteiger partial charge in [-0.3, -0.25) is 14.4 Å². The Morgan fingerprint density at radius 3 is 2.42 bits per heavy atom. The minimum Gasteiger partial charge on any atom is -0.348 e. The van der Waals surface area contributed by atoms with Crippen LogP contribution in [0.1, 0.15) is 54.4 Å². The molecule has 1 heterocycles. The zero-order valence-corrected chi connectivity index (χ0v) is 17.7. The third-order valence-corrected chi connectivity index (χ3v) is 6.27. The normalized spacial score (nSPS) is 19.3. The molecule has 6 heteroatoms. The largest absolute Gasteiger partial charge is 0.348 e. The number of likely N-dealkylation sites (tertiary alicyclic amines) is 1. The number of anilines is 1. The van der Waals surface area contributed by atoms with E-state index in [9.17, 15) is 14.4 Å². The van der Waals surface area contributed by atoms with E-state index >= 15 is 0 Å². The van der Waals surface area contributed by atoms with Gasteiger partial charge in [0.2, 0.25) is 11.8 Å². The number of carbonyl (C=O) groups excluding carboxylic acids is 3. The summed E-state index contributed by atoms with van der Waals surface area (Å²) in [4.78, 5) is 40.1. The van der Waals surface area contributed by atoms with Crippen LogP contribution in [0.15, 0.2) is 54.6 Å². The quantitative estimate of drug-likeness (QED) is 0.749. The van der Waals surface area contributed by atoms with Crippen molar-refractivity contribution < 1.29 is 14.4 Å². The highest BCUT2D eigenvalue weighted by Crippen LogP contribution is 2.29. The first-order chi connectivity index (χ1) is 15.1. The van der Waals surface area contributed by atoms with Crippen molar-refractivity contribution in [2.24, 2.45) is 5.92 Å². The number of amides is 3. The predicted molar refractivity (Wildman–Crippen MR) is 119 cm³/mol. The molecule has 1 aliphatic carbocycles. The lowest BCUT2D eigenvalue weighted by atomic mass is 9.94. The van der Waals surface area contributed by atoms with Gasteiger partial charge in [-0.25, -0.2) is 0 Å². The predicted octanol–water partition coefficient (Wildman–Crippen LogP) is 3.74. The lowest BCUT2D eigenvalue weighted by molar-refractivity contribution is -0.130. The Morgan fingerprint density at radius 2 is 1.65 bits per heavy atom. The molecule has 0 aromatic heterocycles. The average Bonchev–Trinajstić information content (AvgIpc) is 3.21. The van der Waals surface area contributed by atoms with Crippen LogP contribution < -0.4 is 10.6 Å². The molecule has 1 saturated heterocycles. The van der Waals surface area contributed by atoms with Crippen molar-refractivity contribution in [1.29, 1.82) is 0 Å². The van der Waals surface area contributed by atoms with Crippen LogP contribution in [0.4, 0.5) is 5.69 Å². The van der Waals surface area contributed by atoms with Crippen molar-refractivity contribution in [2.45, 2.75) is 51.1 Å². The van der Waals surface area contributed by atoms with E-state index in [1.165, 1.54) is 6.42 Å². The molecular weight excluding hydrogens is 390 g/mol. The van der Waals surface area contributed by atoms with Gasteiger partial charge < -0.3 is 15.5 Å². The van der Waals surface area contributed by atoms with Gasteiger partial charge in [-0.05, 0) is 30.5 Å². The number of hydrogen-bond donors (Lipinski definition) is 2. The van der Waals surface area contributed by atoms with Gasteiger partial charge in [0.1, 0.15) is 0 Å². The summed E-state index contributed by atoms with van der Waals surface area (Å²) in [5, 5.41) is 5.80. The molecule has 2 N–H and O–H groups in total. The van der Waals surface area contributed by atoms with Crippen LogP contribution in [0.2, 0.25) is 0 Å². The summed E-state index contributed by atoms with van der Waals surface area (Å²) in [5.74, 6) is -0.753. The highest BCUT2D eigenvalue weighted by Gasteiger charge is 2.38. The maximum absolute atomic E-state index is 12.9. The van der Waals surface area contributed by atoms with Gasteiger partial charge in [0, 0.05) is 25.6 Å². The van der Waals surface area contributed by atoms with E-state index in [2.05, 4.69) is 10.6 Å². The Labute approximate surface area is 183 Å². The highest BCUT2D eigenvalue weighted by molar-refractivity contribution is 6.05. The molecule has 31 heavy (non-hydrogen) atoms. The number of carbonyl (C=O) groups is 3. The molecule has 1 aliphatic heterocycles. The third-order valence-electron chi connectivity index (χ3n) is 6.27. The number of nitrogens with one attached hydrogen (secondary N) is 2. The van der Waals surface area contributed by atoms with Gasteiger partial charge >= 0.3 is 0 Å². The van der Waals surface area contributed by atoms with Gasteiger partial charge in [-0.15, -0.1) is 0 Å². The fraction of sp³-hybridized carbons (Fsp3) is 0.400. The SMILES string of the molecule is O=C(NCc1ccccc1)c1ccccc1NC(=O)[C@H]1CC(=O)N(C2CCCCC2)C1. The second kappa shape index (κ2) is 9.77. The highest BCUT2D eigenvalue weighted by atomic mass is 16.2. The van der Waals surface area contributed by atoms with E-state index in [4.69, 9.17) is 0 Å². The molecule has 6 nitrogen and oxygen atoms in total. The summed E-state index contributed by atoms with van der Waals surface area (Å²) >= 11 is 0. The Hall–Kier alpha value is -3.15. The molecule has 0 bridgehead atoms. The molecule has 1 saturated carbocycles. The van der Waals surface area contributed by atoms with Crippen molar-refractivity contribution in [3.05, 3.63) is 65.7 Å². The van der Waals surface area contributed by atoms with Crippen molar-refractivity contribution in [3.8, 4) is 0 Å². The first-order valence-electron chi connectivity index (χ1n) is 11.1. The molecular formula is C25H29N3O3. The molecule has 2 aromatic carbocycles. The summed E-state index contributed by atoms with van der Waals surface area (Å²) in [7, 11) is 0. The molecule has 0 spiro atoms. The average molecular weight is 420 g/mol. The third kappa shape index (κ3) is 5.13. The number of benzene rings is 2. The summed E-state index contributed by atoms with van der Waals surface area (Å²) in [6.07, 6.45) is 5.83. The Bertz CT molecular complexity index is 938. The molecule has 4 rings (SSSR count). The Kier molecular flexibility index (Phi) is 6.65. The Balaban J connectivity index is 1.38. The minimum atomic E-state index is -0.380. The van der Waals surface area contributed by atoms with Crippen LogP contribution in [0.5, 0.6) is 0 Å². The molecule has 0 radical (unpaired) electrons. The van der Waals surface area contributed by atoms with E-state index in [-0.39, 0.29) is 36.1 Å². The number of para-hydroxylation sites is 1. The van der Waals surface area contributed by atoms with Crippen LogP contribution >= 0.6 is 0 Å². The van der Waals surface area contributed by atoms with Crippen molar-refractivity contribution in [2.75, 3.05) is 11.9 Å². The lowest BCUT2D eigenvalue weighted by Gasteiger charge is -2.31. The molecule has 2 aliphatic rings. The van der Waals surface area contributed by atoms with E-state index in [0.717, 1.165) is 31.2 Å². The molecule has 2 aromatic rings. The zero-order valence-electron chi connectivity index (χ0n) is 17.7. The van der Waals surface area contributed by atoms with Crippen LogP contribution in [0.3, 0.4) is 0 Å². The van der Waals surface area contributed by atoms with Gasteiger partial charge in [0.05, 0.1) is 17.2 Å². The summed E-state index contributed by atoms with van der Waals surface area (Å²) < 4.78 is 0. The van der Waals surface area contributed by atoms with Gasteiger partial charge in [0.15, 0.2) is 0 Å². The maximum Gasteiger partial charge on any atom is 0.253 e. The van der Waals surface area contributed by atoms with Crippen LogP contribution in [-0.2, 0) is 16.1 Å². The first-order valence-corrected chi connectivity index (χ1v) is 11.1. The summed E-state index contributed by atoms with van der Waals surface area (Å²) in [6.45, 7) is 0.882. The Morgan fingerprint density at radius 1 is 0.935 bits per heavy atom. The van der Waals surface area contributed by atoms with Crippen LogP contribution in [0.25, 0.3) is 0 Å². The standard InChI is InChI=1S/C25H29N3O3/c29-23-15-19(17-28(23)20-11-5-2-6-12-20)24(30)27-22-14-8-7-13-21(22)25(31)26-16-18-9-3-1-4-10-18/h1,3-4,7-10,13-14,19-20H,2,5-6,11-12,15-17H2,(H,26,31)(H,27,30)/t19-/m0/s1. The monoisotopic (exact) mass is 419 g/mol. The molecule has 162 valence electrons. The number of hydrogen-bond acceptors (Lipinski definition) is 3. The van der Waals surface area contributed by atoms with Crippen LogP contribution in [-0.4, -0.2) is 35.2 Å². The molecule has 0 unspecified atom stereocenters. The van der Waals surface area contributed by atoms with E-state index in [0.29, 0.717) is 24.3 Å². The van der Waals surface area contributed by atoms with Gasteiger partial charge in [-0.2, -0.15) is 0 Å². The number of nitrogens with zero attached hydrogens (tertiary/aromatic N) is 1. The van der Waals surface area contributed by atoms with Crippen molar-refractivity contribution in [1.82, 2.24) is 10.2 Å². The van der Waals surface area contributed by atoms with E-state index in [1.54, 1.807) is 24.3 Å². The van der Waals surface area contributed by atoms with Crippen LogP contribution in [0, 0.1) is 5.92 Å². The van der Waals surface area contributed by atoms with E-state index in [1.807, 2.05) is 35.2 Å². The summed E-state index contributed by atoms with van der Waals surface area (Å²) in [5.41, 5.74) is 1.89. The van der Waals surface area contributed by atoms with E-state index < -0.39 is 0 Å². The topological polar surface area (TPSA) is 78.5 Å². The maximum atomic E-state index is 12.9. The van der Waals surface area contributed by atoms with Gasteiger partial charge in [-0.1, -0.05) is 61.7 Å². The first kappa shape index (κ1) is 21.1. The lowest BCUT2D eigenvalue weighted by Crippen LogP contribution is -2.38.